The summed E-state index contributed by atoms with van der Waals surface area (Å²) in [7, 11) is -2.12. The Morgan fingerprint density at radius 2 is 2.00 bits per heavy atom. The Kier molecular flexibility index (Phi) is 1.30. The lowest BCUT2D eigenvalue weighted by Crippen LogP contribution is -1.99. The quantitative estimate of drug-likeness (QED) is 0.345. The molecule has 0 saturated carbocycles. The molecular weight excluding hydrogens is 127 g/mol. The van der Waals surface area contributed by atoms with Crippen LogP contribution in [0.3, 0.4) is 0 Å². The molecule has 0 amide bonds. The van der Waals surface area contributed by atoms with Crippen molar-refractivity contribution in [2.24, 2.45) is 0 Å². The molecule has 0 aliphatic carbocycles. The van der Waals surface area contributed by atoms with Crippen molar-refractivity contribution in [3.8, 4) is 0 Å². The van der Waals surface area contributed by atoms with E-state index in [1.54, 1.807) is 0 Å². The molecule has 1 rings (SSSR count). The summed E-state index contributed by atoms with van der Waals surface area (Å²) in [5.74, 6) is -0.450. The molecule has 0 aromatic heterocycles. The summed E-state index contributed by atoms with van der Waals surface area (Å²) < 4.78 is 10.4. The summed E-state index contributed by atoms with van der Waals surface area (Å²) in [4.78, 5) is 20.5. The highest BCUT2D eigenvalue weighted by atomic mass is 31.1. The number of hydrogen-bond acceptors (Lipinski definition) is 3. The van der Waals surface area contributed by atoms with Crippen molar-refractivity contribution >= 4 is 19.1 Å². The van der Waals surface area contributed by atoms with E-state index in [1.807, 2.05) is 0 Å². The maximum atomic E-state index is 10.4. The number of Topliss-reactive ketones (excluding diaryl/α,β-unsaturated/α-hetero) is 1. The molecular formula is C4H5O3P. The van der Waals surface area contributed by atoms with Gasteiger partial charge in [0.25, 0.3) is 5.52 Å². The Balaban J connectivity index is 2.86. The third kappa shape index (κ3) is 0.736. The average Bonchev–Trinajstić information content (AvgIpc) is 1.98. The highest BCUT2D eigenvalue weighted by Crippen LogP contribution is 2.30. The molecule has 1 heterocycles. The van der Waals surface area contributed by atoms with Gasteiger partial charge in [-0.15, -0.1) is 0 Å². The molecule has 3 nitrogen and oxygen atoms in total. The predicted octanol–water partition coefficient (Wildman–Crippen LogP) is 0.0455. The largest absolute Gasteiger partial charge is 0.318 e. The van der Waals surface area contributed by atoms with Crippen LogP contribution in [0.1, 0.15) is 6.42 Å². The molecule has 1 aliphatic rings. The monoisotopic (exact) mass is 132 g/mol. The number of rotatable bonds is 0. The van der Waals surface area contributed by atoms with E-state index in [2.05, 4.69) is 0 Å². The van der Waals surface area contributed by atoms with Crippen molar-refractivity contribution in [2.45, 2.75) is 6.42 Å². The Morgan fingerprint density at radius 1 is 1.38 bits per heavy atom. The van der Waals surface area contributed by atoms with Crippen molar-refractivity contribution in [1.82, 2.24) is 0 Å². The van der Waals surface area contributed by atoms with Gasteiger partial charge in [0.05, 0.1) is 0 Å². The van der Waals surface area contributed by atoms with Gasteiger partial charge >= 0.3 is 0 Å². The second-order valence-electron chi connectivity index (χ2n) is 1.68. The van der Waals surface area contributed by atoms with Gasteiger partial charge < -0.3 is 4.57 Å². The van der Waals surface area contributed by atoms with Crippen LogP contribution in [0.15, 0.2) is 0 Å². The summed E-state index contributed by atoms with van der Waals surface area (Å²) in [6.07, 6.45) is 0.513. The van der Waals surface area contributed by atoms with Crippen molar-refractivity contribution in [3.63, 3.8) is 0 Å². The third-order valence-corrected chi connectivity index (χ3v) is 2.58. The second kappa shape index (κ2) is 1.82. The molecule has 0 aromatic rings. The molecule has 0 aromatic carbocycles. The molecule has 1 unspecified atom stereocenters. The molecule has 0 bridgehead atoms. The summed E-state index contributed by atoms with van der Waals surface area (Å²) in [6.45, 7) is 0. The Labute approximate surface area is 46.9 Å². The van der Waals surface area contributed by atoms with E-state index in [-0.39, 0.29) is 6.42 Å². The molecule has 44 valence electrons. The SMILES string of the molecule is O=C1CC[PH](=O)C1=O. The van der Waals surface area contributed by atoms with Gasteiger partial charge in [0, 0.05) is 12.6 Å². The first-order chi connectivity index (χ1) is 3.72. The molecule has 1 aliphatic heterocycles. The van der Waals surface area contributed by atoms with Crippen LogP contribution in [0.2, 0.25) is 0 Å². The number of carbonyl (C=O) groups excluding carboxylic acids is 2. The highest BCUT2D eigenvalue weighted by molar-refractivity contribution is 7.68. The summed E-state index contributed by atoms with van der Waals surface area (Å²) in [5.41, 5.74) is -0.630. The Hall–Kier alpha value is -0.430. The summed E-state index contributed by atoms with van der Waals surface area (Å²) in [5, 5.41) is 0. The zero-order chi connectivity index (χ0) is 6.15. The van der Waals surface area contributed by atoms with Gasteiger partial charge in [-0.2, -0.15) is 0 Å². The molecule has 8 heavy (non-hydrogen) atoms. The van der Waals surface area contributed by atoms with Gasteiger partial charge in [0.2, 0.25) is 5.78 Å². The van der Waals surface area contributed by atoms with Crippen LogP contribution in [0.25, 0.3) is 0 Å². The first-order valence-electron chi connectivity index (χ1n) is 2.32. The number of carbonyl (C=O) groups is 2. The van der Waals surface area contributed by atoms with Crippen LogP contribution in [0, 0.1) is 0 Å². The molecule has 0 spiro atoms. The lowest BCUT2D eigenvalue weighted by Gasteiger charge is -1.74. The fraction of sp³-hybridized carbons (Fsp3) is 0.500. The fourth-order valence-corrected chi connectivity index (χ4v) is 1.73. The van der Waals surface area contributed by atoms with E-state index < -0.39 is 19.1 Å². The van der Waals surface area contributed by atoms with E-state index in [0.717, 1.165) is 0 Å². The maximum absolute atomic E-state index is 10.4. The van der Waals surface area contributed by atoms with Crippen LogP contribution < -0.4 is 0 Å². The van der Waals surface area contributed by atoms with Gasteiger partial charge in [0.15, 0.2) is 0 Å². The van der Waals surface area contributed by atoms with Crippen molar-refractivity contribution in [3.05, 3.63) is 0 Å². The second-order valence-corrected chi connectivity index (χ2v) is 3.48. The highest BCUT2D eigenvalue weighted by Gasteiger charge is 2.27. The van der Waals surface area contributed by atoms with Gasteiger partial charge in [-0.05, 0) is 0 Å². The minimum atomic E-state index is -2.12. The van der Waals surface area contributed by atoms with E-state index in [9.17, 15) is 14.2 Å². The zero-order valence-electron chi connectivity index (χ0n) is 4.14. The van der Waals surface area contributed by atoms with Gasteiger partial charge in [-0.3, -0.25) is 9.59 Å². The topological polar surface area (TPSA) is 51.2 Å². The fourth-order valence-electron chi connectivity index (χ4n) is 0.610. The van der Waals surface area contributed by atoms with Gasteiger partial charge in [-0.25, -0.2) is 0 Å². The average molecular weight is 132 g/mol. The lowest BCUT2D eigenvalue weighted by molar-refractivity contribution is -0.130. The Morgan fingerprint density at radius 3 is 2.12 bits per heavy atom. The minimum Gasteiger partial charge on any atom is -0.318 e. The van der Waals surface area contributed by atoms with Crippen LogP contribution in [-0.2, 0) is 14.2 Å². The van der Waals surface area contributed by atoms with Crippen LogP contribution in [0.4, 0.5) is 0 Å². The molecule has 0 radical (unpaired) electrons. The van der Waals surface area contributed by atoms with Crippen LogP contribution in [0.5, 0.6) is 0 Å². The predicted molar refractivity (Wildman–Crippen MR) is 28.5 cm³/mol. The first kappa shape index (κ1) is 5.70. The molecule has 1 saturated heterocycles. The molecule has 1 fully saturated rings. The Bertz CT molecular complexity index is 154. The van der Waals surface area contributed by atoms with Gasteiger partial charge in [0.1, 0.15) is 7.80 Å². The van der Waals surface area contributed by atoms with Crippen molar-refractivity contribution in [2.75, 3.05) is 6.16 Å². The van der Waals surface area contributed by atoms with Crippen molar-refractivity contribution in [1.29, 1.82) is 0 Å². The van der Waals surface area contributed by atoms with Crippen molar-refractivity contribution < 1.29 is 14.2 Å². The third-order valence-electron chi connectivity index (χ3n) is 1.09. The maximum Gasteiger partial charge on any atom is 0.253 e. The molecule has 0 N–H and O–H groups in total. The minimum absolute atomic E-state index is 0.205. The first-order valence-corrected chi connectivity index (χ1v) is 3.93. The number of ketones is 1. The van der Waals surface area contributed by atoms with Crippen LogP contribution >= 0.6 is 7.80 Å². The lowest BCUT2D eigenvalue weighted by atomic mass is 10.3. The summed E-state index contributed by atoms with van der Waals surface area (Å²) in [6, 6.07) is 0. The standard InChI is InChI=1S/C4H5O3P/c5-3-1-2-8(7)4(3)6/h8H,1-2H2. The molecule has 4 heteroatoms. The van der Waals surface area contributed by atoms with E-state index in [4.69, 9.17) is 0 Å². The van der Waals surface area contributed by atoms with Crippen LogP contribution in [-0.4, -0.2) is 17.5 Å². The number of hydrogen-bond donors (Lipinski definition) is 0. The smallest absolute Gasteiger partial charge is 0.253 e. The van der Waals surface area contributed by atoms with E-state index in [0.29, 0.717) is 6.16 Å². The molecule has 1 atom stereocenters. The zero-order valence-corrected chi connectivity index (χ0v) is 5.14. The normalized spacial score (nSPS) is 29.2. The summed E-state index contributed by atoms with van der Waals surface area (Å²) >= 11 is 0. The van der Waals surface area contributed by atoms with E-state index in [1.165, 1.54) is 0 Å². The van der Waals surface area contributed by atoms with Gasteiger partial charge in [-0.1, -0.05) is 0 Å². The van der Waals surface area contributed by atoms with E-state index >= 15 is 0 Å².